The van der Waals surface area contributed by atoms with Gasteiger partial charge in [-0.2, -0.15) is 13.2 Å². The molecule has 1 aromatic heterocycles. The van der Waals surface area contributed by atoms with Gasteiger partial charge in [0.05, 0.1) is 11.8 Å². The van der Waals surface area contributed by atoms with Crippen LogP contribution in [0.15, 0.2) is 73.4 Å². The number of ketones is 1. The van der Waals surface area contributed by atoms with E-state index in [0.717, 1.165) is 18.4 Å². The molecule has 3 rings (SSSR count). The summed E-state index contributed by atoms with van der Waals surface area (Å²) in [7, 11) is -6.09. The third-order valence-corrected chi connectivity index (χ3v) is 7.77. The van der Waals surface area contributed by atoms with E-state index < -0.39 is 15.6 Å². The van der Waals surface area contributed by atoms with Gasteiger partial charge in [0, 0.05) is 12.8 Å². The quantitative estimate of drug-likeness (QED) is 0.190. The number of carbonyl (C=O) groups is 1. The monoisotopic (exact) mass is 554 g/mol. The lowest BCUT2D eigenvalue weighted by atomic mass is 9.91. The predicted octanol–water partition coefficient (Wildman–Crippen LogP) is 1.86. The lowest BCUT2D eigenvalue weighted by molar-refractivity contribution is -0.579. The number of allylic oxidation sites excluding steroid dienone is 4. The molecule has 10 heteroatoms. The number of halogens is 4. The molecule has 0 atom stereocenters. The lowest BCUT2D eigenvalue weighted by Crippen LogP contribution is -3.61. The third-order valence-electron chi connectivity index (χ3n) is 4.18. The van der Waals surface area contributed by atoms with Crippen molar-refractivity contribution in [1.29, 1.82) is 0 Å². The van der Waals surface area contributed by atoms with Gasteiger partial charge in [0.2, 0.25) is 5.78 Å². The molecule has 5 nitrogen and oxygen atoms in total. The summed E-state index contributed by atoms with van der Waals surface area (Å²) in [4.78, 5) is 12.8. The predicted molar refractivity (Wildman–Crippen MR) is 98.6 cm³/mol. The number of alkyl halides is 3. The molecule has 0 radical (unpaired) electrons. The Balaban J connectivity index is 0.000000343. The summed E-state index contributed by atoms with van der Waals surface area (Å²) in [5.74, 6) is 0.513. The van der Waals surface area contributed by atoms with Crippen molar-refractivity contribution in [2.75, 3.05) is 0 Å². The van der Waals surface area contributed by atoms with Gasteiger partial charge in [0.15, 0.2) is 23.0 Å². The maximum absolute atomic E-state index is 12.8. The molecule has 1 aliphatic carbocycles. The van der Waals surface area contributed by atoms with Gasteiger partial charge in [-0.3, -0.25) is 4.79 Å². The highest BCUT2D eigenvalue weighted by molar-refractivity contribution is 7.86. The van der Waals surface area contributed by atoms with E-state index >= 15 is 0 Å². The molecule has 30 heavy (non-hydrogen) atoms. The average Bonchev–Trinajstić information content (AvgIpc) is 3.18. The zero-order chi connectivity index (χ0) is 22.5. The summed E-state index contributed by atoms with van der Waals surface area (Å²) in [6.07, 6.45) is 3.25. The maximum atomic E-state index is 12.8. The lowest BCUT2D eigenvalue weighted by Gasteiger charge is -2.15. The Labute approximate surface area is 182 Å². The van der Waals surface area contributed by atoms with Crippen LogP contribution in [0.1, 0.15) is 37.2 Å². The zero-order valence-corrected chi connectivity index (χ0v) is 19.0. The van der Waals surface area contributed by atoms with Crippen molar-refractivity contribution in [3.05, 3.63) is 78.4 Å². The van der Waals surface area contributed by atoms with Crippen LogP contribution in [0.3, 0.4) is 0 Å². The molecule has 0 saturated heterocycles. The molecule has 1 heterocycles. The first-order valence-corrected chi connectivity index (χ1v) is 12.1. The van der Waals surface area contributed by atoms with E-state index in [0.29, 0.717) is 5.76 Å². The minimum absolute atomic E-state index is 0.0579. The van der Waals surface area contributed by atoms with Crippen LogP contribution in [0.4, 0.5) is 13.2 Å². The van der Waals surface area contributed by atoms with Crippen molar-refractivity contribution >= 4 is 15.9 Å². The van der Waals surface area contributed by atoms with E-state index in [1.165, 1.54) is 18.3 Å². The van der Waals surface area contributed by atoms with Crippen LogP contribution in [0, 0.1) is 3.57 Å². The summed E-state index contributed by atoms with van der Waals surface area (Å²) in [6.45, 7) is 4.31. The Hall–Kier alpha value is -1.92. The number of benzene rings is 1. The first kappa shape index (κ1) is 24.4. The summed E-state index contributed by atoms with van der Waals surface area (Å²) < 4.78 is 66.9. The average molecular weight is 554 g/mol. The van der Waals surface area contributed by atoms with Gasteiger partial charge in [-0.05, 0) is 38.1 Å². The second kappa shape index (κ2) is 9.92. The van der Waals surface area contributed by atoms with Crippen molar-refractivity contribution in [3.63, 3.8) is 0 Å². The van der Waals surface area contributed by atoms with Gasteiger partial charge in [-0.1, -0.05) is 29.3 Å². The first-order chi connectivity index (χ1) is 13.9. The van der Waals surface area contributed by atoms with E-state index in [1.54, 1.807) is 18.4 Å². The van der Waals surface area contributed by atoms with Crippen LogP contribution in [0.2, 0.25) is 0 Å². The van der Waals surface area contributed by atoms with Crippen molar-refractivity contribution < 1.29 is 56.6 Å². The fraction of sp³-hybridized carbons (Fsp3) is 0.250. The Morgan fingerprint density at radius 1 is 1.03 bits per heavy atom. The highest BCUT2D eigenvalue weighted by Crippen LogP contribution is 2.28. The molecule has 0 N–H and O–H groups in total. The Bertz CT molecular complexity index is 1050. The highest BCUT2D eigenvalue weighted by atomic mass is 127. The zero-order valence-electron chi connectivity index (χ0n) is 16.0. The van der Waals surface area contributed by atoms with Crippen LogP contribution in [-0.2, 0) is 10.1 Å². The molecule has 162 valence electrons. The highest BCUT2D eigenvalue weighted by Gasteiger charge is 2.37. The summed E-state index contributed by atoms with van der Waals surface area (Å²) in [6, 6.07) is 14.0. The molecule has 0 amide bonds. The van der Waals surface area contributed by atoms with Crippen molar-refractivity contribution in [1.82, 2.24) is 0 Å². The largest absolute Gasteiger partial charge is 0.741 e. The minimum atomic E-state index is -6.09. The van der Waals surface area contributed by atoms with Crippen LogP contribution in [-0.4, -0.2) is 24.3 Å². The standard InChI is InChI=1S/C19H18IO2.CHF3O3S/c1-13-11-16(19(21)18-9-6-10-22-18)17(12-14(13)2)20-15-7-4-3-5-8-15;2-1(3,4)8(5,6)7/h3-10H,11-12H2,1-2H3;(H,5,6,7)/q+1;/p-1. The SMILES string of the molecule is CC1=C(C)CC(C(=O)c2ccco2)=C([I+]c2ccccc2)C1.O=S(=O)([O-])C(F)(F)F. The number of rotatable bonds is 4. The second-order valence-corrected chi connectivity index (χ2v) is 10.9. The van der Waals surface area contributed by atoms with E-state index in [9.17, 15) is 18.0 Å². The molecule has 0 bridgehead atoms. The summed E-state index contributed by atoms with van der Waals surface area (Å²) in [5.41, 5.74) is -1.97. The molecular weight excluding hydrogens is 536 g/mol. The molecule has 0 fully saturated rings. The van der Waals surface area contributed by atoms with Gasteiger partial charge < -0.3 is 8.97 Å². The topological polar surface area (TPSA) is 87.4 Å². The first-order valence-electron chi connectivity index (χ1n) is 8.57. The molecule has 1 aliphatic rings. The molecule has 2 aromatic rings. The Morgan fingerprint density at radius 3 is 2.10 bits per heavy atom. The van der Waals surface area contributed by atoms with Crippen LogP contribution < -0.4 is 21.2 Å². The number of Topliss-reactive ketones (excluding diaryl/α,β-unsaturated/α-hetero) is 1. The summed E-state index contributed by atoms with van der Waals surface area (Å²) in [5, 5.41) is 0. The number of carbonyl (C=O) groups excluding carboxylic acids is 1. The minimum Gasteiger partial charge on any atom is -0.741 e. The number of furan rings is 1. The van der Waals surface area contributed by atoms with Crippen molar-refractivity contribution in [2.24, 2.45) is 0 Å². The van der Waals surface area contributed by atoms with Gasteiger partial charge in [0.25, 0.3) is 0 Å². The second-order valence-electron chi connectivity index (χ2n) is 6.39. The molecule has 0 aliphatic heterocycles. The van der Waals surface area contributed by atoms with Gasteiger partial charge in [-0.25, -0.2) is 8.42 Å². The Morgan fingerprint density at radius 2 is 1.60 bits per heavy atom. The Kier molecular flexibility index (Phi) is 8.06. The van der Waals surface area contributed by atoms with E-state index in [1.807, 2.05) is 6.07 Å². The fourth-order valence-electron chi connectivity index (χ4n) is 2.46. The van der Waals surface area contributed by atoms with Crippen molar-refractivity contribution in [3.8, 4) is 0 Å². The van der Waals surface area contributed by atoms with Crippen molar-refractivity contribution in [2.45, 2.75) is 32.2 Å². The fourth-order valence-corrected chi connectivity index (χ4v) is 5.51. The summed E-state index contributed by atoms with van der Waals surface area (Å²) >= 11 is -0.309. The van der Waals surface area contributed by atoms with E-state index in [2.05, 4.69) is 38.1 Å². The molecule has 1 aromatic carbocycles. The molecular formula is C20H18F3IO5S. The van der Waals surface area contributed by atoms with E-state index in [-0.39, 0.29) is 27.0 Å². The van der Waals surface area contributed by atoms with Crippen LogP contribution >= 0.6 is 0 Å². The normalized spacial score (nSPS) is 15.0. The van der Waals surface area contributed by atoms with Gasteiger partial charge in [-0.15, -0.1) is 0 Å². The molecule has 0 spiro atoms. The van der Waals surface area contributed by atoms with Crippen LogP contribution in [0.5, 0.6) is 0 Å². The van der Waals surface area contributed by atoms with Gasteiger partial charge >= 0.3 is 26.7 Å². The molecule has 0 saturated carbocycles. The number of hydrogen-bond donors (Lipinski definition) is 0. The van der Waals surface area contributed by atoms with Gasteiger partial charge in [0.1, 0.15) is 0 Å². The molecule has 0 unspecified atom stereocenters. The smallest absolute Gasteiger partial charge is 0.485 e. The van der Waals surface area contributed by atoms with E-state index in [4.69, 9.17) is 17.4 Å². The maximum Gasteiger partial charge on any atom is 0.485 e. The third kappa shape index (κ3) is 6.54. The van der Waals surface area contributed by atoms with Crippen LogP contribution in [0.25, 0.3) is 0 Å². The number of hydrogen-bond acceptors (Lipinski definition) is 5.